The van der Waals surface area contributed by atoms with Gasteiger partial charge in [-0.2, -0.15) is 4.98 Å². The number of rotatable bonds is 11. The summed E-state index contributed by atoms with van der Waals surface area (Å²) in [6.45, 7) is 5.14. The Hall–Kier alpha value is -2.44. The molecule has 0 aliphatic rings. The van der Waals surface area contributed by atoms with Crippen LogP contribution in [-0.2, 0) is 4.79 Å². The first-order valence-electron chi connectivity index (χ1n) is 9.42. The number of aryl methyl sites for hydroxylation is 1. The highest BCUT2D eigenvalue weighted by Crippen LogP contribution is 2.13. The minimum absolute atomic E-state index is 0.0153. The summed E-state index contributed by atoms with van der Waals surface area (Å²) in [5, 5.41) is 2.99. The molecule has 0 unspecified atom stereocenters. The van der Waals surface area contributed by atoms with Crippen LogP contribution in [0.15, 0.2) is 24.8 Å². The first-order valence-corrected chi connectivity index (χ1v) is 9.42. The number of hydrogen-bond acceptors (Lipinski definition) is 5. The van der Waals surface area contributed by atoms with Gasteiger partial charge in [0.15, 0.2) is 0 Å². The fourth-order valence-electron chi connectivity index (χ4n) is 2.71. The molecule has 1 N–H and O–H groups in total. The van der Waals surface area contributed by atoms with Gasteiger partial charge >= 0.3 is 0 Å². The lowest BCUT2D eigenvalue weighted by atomic mass is 10.1. The Balaban J connectivity index is 1.80. The van der Waals surface area contributed by atoms with Gasteiger partial charge in [-0.05, 0) is 13.3 Å². The van der Waals surface area contributed by atoms with E-state index in [4.69, 9.17) is 0 Å². The second-order valence-electron chi connectivity index (χ2n) is 6.61. The minimum atomic E-state index is 0.0153. The van der Waals surface area contributed by atoms with Gasteiger partial charge < -0.3 is 10.2 Å². The van der Waals surface area contributed by atoms with Gasteiger partial charge in [-0.15, -0.1) is 0 Å². The van der Waals surface area contributed by atoms with E-state index in [1.165, 1.54) is 32.1 Å². The van der Waals surface area contributed by atoms with Crippen LogP contribution in [0.2, 0.25) is 0 Å². The quantitative estimate of drug-likeness (QED) is 0.625. The molecule has 2 aromatic rings. The summed E-state index contributed by atoms with van der Waals surface area (Å²) >= 11 is 0. The minimum Gasteiger partial charge on any atom is -0.355 e. The normalized spacial score (nSPS) is 10.7. The lowest BCUT2D eigenvalue weighted by molar-refractivity contribution is -0.119. The largest absolute Gasteiger partial charge is 0.355 e. The number of amides is 1. The molecule has 26 heavy (non-hydrogen) atoms. The summed E-state index contributed by atoms with van der Waals surface area (Å²) in [6, 6.07) is 1.88. The molecule has 2 rings (SSSR count). The molecule has 0 aliphatic heterocycles. The van der Waals surface area contributed by atoms with Gasteiger partial charge in [-0.1, -0.05) is 39.0 Å². The van der Waals surface area contributed by atoms with Gasteiger partial charge in [0.1, 0.15) is 12.1 Å². The molecule has 0 saturated heterocycles. The van der Waals surface area contributed by atoms with Crippen molar-refractivity contribution in [2.24, 2.45) is 0 Å². The third-order valence-electron chi connectivity index (χ3n) is 4.19. The maximum Gasteiger partial charge on any atom is 0.239 e. The topological polar surface area (TPSA) is 75.9 Å². The van der Waals surface area contributed by atoms with E-state index < -0.39 is 0 Å². The Labute approximate surface area is 155 Å². The monoisotopic (exact) mass is 358 g/mol. The third kappa shape index (κ3) is 6.46. The van der Waals surface area contributed by atoms with Crippen LogP contribution in [0.5, 0.6) is 0 Å². The van der Waals surface area contributed by atoms with Crippen LogP contribution < -0.4 is 10.2 Å². The molecule has 0 aromatic carbocycles. The first kappa shape index (κ1) is 19.9. The van der Waals surface area contributed by atoms with E-state index in [9.17, 15) is 4.79 Å². The number of nitrogens with zero attached hydrogens (tertiary/aromatic N) is 5. The van der Waals surface area contributed by atoms with Crippen molar-refractivity contribution >= 4 is 11.7 Å². The fourth-order valence-corrected chi connectivity index (χ4v) is 2.71. The smallest absolute Gasteiger partial charge is 0.239 e. The Morgan fingerprint density at radius 3 is 2.69 bits per heavy atom. The number of carbonyl (C=O) groups is 1. The molecular formula is C19H30N6O. The van der Waals surface area contributed by atoms with E-state index >= 15 is 0 Å². The molecule has 7 nitrogen and oxygen atoms in total. The average molecular weight is 358 g/mol. The summed E-state index contributed by atoms with van der Waals surface area (Å²) in [7, 11) is 1.86. The van der Waals surface area contributed by atoms with Gasteiger partial charge in [0.2, 0.25) is 11.9 Å². The molecule has 1 amide bonds. The van der Waals surface area contributed by atoms with E-state index in [1.807, 2.05) is 24.9 Å². The van der Waals surface area contributed by atoms with Crippen molar-refractivity contribution in [3.05, 3.63) is 30.5 Å². The predicted molar refractivity (Wildman–Crippen MR) is 104 cm³/mol. The van der Waals surface area contributed by atoms with Crippen LogP contribution in [0.4, 0.5) is 5.82 Å². The Kier molecular flexibility index (Phi) is 8.05. The molecule has 0 radical (unpaired) electrons. The second kappa shape index (κ2) is 10.5. The zero-order valence-electron chi connectivity index (χ0n) is 16.1. The van der Waals surface area contributed by atoms with Crippen molar-refractivity contribution in [1.82, 2.24) is 24.8 Å². The summed E-state index contributed by atoms with van der Waals surface area (Å²) in [5.41, 5.74) is 0.845. The maximum absolute atomic E-state index is 12.1. The van der Waals surface area contributed by atoms with E-state index in [1.54, 1.807) is 23.3 Å². The van der Waals surface area contributed by atoms with E-state index in [0.29, 0.717) is 5.95 Å². The predicted octanol–water partition coefficient (Wildman–Crippen LogP) is 2.88. The molecule has 7 heteroatoms. The van der Waals surface area contributed by atoms with Gasteiger partial charge in [0.25, 0.3) is 0 Å². The van der Waals surface area contributed by atoms with Gasteiger partial charge in [0.05, 0.1) is 6.54 Å². The number of nitrogens with one attached hydrogen (secondary N) is 1. The molecule has 0 bridgehead atoms. The number of carbonyl (C=O) groups excluding carboxylic acids is 1. The molecule has 0 saturated carbocycles. The Morgan fingerprint density at radius 2 is 1.96 bits per heavy atom. The highest BCUT2D eigenvalue weighted by Gasteiger charge is 2.11. The van der Waals surface area contributed by atoms with Crippen LogP contribution in [-0.4, -0.2) is 45.6 Å². The van der Waals surface area contributed by atoms with Crippen molar-refractivity contribution in [3.63, 3.8) is 0 Å². The van der Waals surface area contributed by atoms with Crippen LogP contribution in [0.1, 0.15) is 51.1 Å². The third-order valence-corrected chi connectivity index (χ3v) is 4.19. The van der Waals surface area contributed by atoms with Gasteiger partial charge in [0, 0.05) is 37.7 Å². The van der Waals surface area contributed by atoms with Crippen LogP contribution in [0.3, 0.4) is 0 Å². The number of imidazole rings is 1. The van der Waals surface area contributed by atoms with Crippen molar-refractivity contribution in [3.8, 4) is 5.95 Å². The van der Waals surface area contributed by atoms with Crippen LogP contribution in [0.25, 0.3) is 5.95 Å². The summed E-state index contributed by atoms with van der Waals surface area (Å²) in [6.07, 6.45) is 12.5. The number of aromatic nitrogens is 4. The number of hydrogen-bond donors (Lipinski definition) is 1. The maximum atomic E-state index is 12.1. The van der Waals surface area contributed by atoms with E-state index in [-0.39, 0.29) is 12.5 Å². The number of likely N-dealkylation sites (N-methyl/N-ethyl adjacent to an activating group) is 1. The highest BCUT2D eigenvalue weighted by molar-refractivity contribution is 5.80. The molecular weight excluding hydrogens is 328 g/mol. The average Bonchev–Trinajstić information content (AvgIpc) is 3.15. The highest BCUT2D eigenvalue weighted by atomic mass is 16.2. The standard InChI is InChI=1S/C19H30N6O/c1-4-5-6-7-8-9-10-21-18(26)14-24(3)17-13-16(2)22-19(23-17)25-12-11-20-15-25/h11-13,15H,4-10,14H2,1-3H3,(H,21,26). The first-order chi connectivity index (χ1) is 12.6. The zero-order valence-corrected chi connectivity index (χ0v) is 16.1. The zero-order chi connectivity index (χ0) is 18.8. The lowest BCUT2D eigenvalue weighted by Crippen LogP contribution is -2.36. The van der Waals surface area contributed by atoms with Crippen molar-refractivity contribution in [2.45, 2.75) is 52.4 Å². The fraction of sp³-hybridized carbons (Fsp3) is 0.579. The van der Waals surface area contributed by atoms with Crippen molar-refractivity contribution in [2.75, 3.05) is 25.0 Å². The van der Waals surface area contributed by atoms with Crippen LogP contribution in [0, 0.1) is 6.92 Å². The Bertz CT molecular complexity index is 671. The van der Waals surface area contributed by atoms with Crippen LogP contribution >= 0.6 is 0 Å². The van der Waals surface area contributed by atoms with Crippen molar-refractivity contribution < 1.29 is 4.79 Å². The molecule has 0 spiro atoms. The van der Waals surface area contributed by atoms with Gasteiger partial charge in [-0.25, -0.2) is 9.97 Å². The molecule has 0 fully saturated rings. The van der Waals surface area contributed by atoms with Crippen molar-refractivity contribution in [1.29, 1.82) is 0 Å². The molecule has 0 atom stereocenters. The summed E-state index contributed by atoms with van der Waals surface area (Å²) < 4.78 is 1.75. The SMILES string of the molecule is CCCCCCCCNC(=O)CN(C)c1cc(C)nc(-n2ccnc2)n1. The van der Waals surface area contributed by atoms with Gasteiger partial charge in [-0.3, -0.25) is 9.36 Å². The Morgan fingerprint density at radius 1 is 1.19 bits per heavy atom. The summed E-state index contributed by atoms with van der Waals surface area (Å²) in [5.74, 6) is 1.29. The van der Waals surface area contributed by atoms with E-state index in [2.05, 4.69) is 27.2 Å². The van der Waals surface area contributed by atoms with E-state index in [0.717, 1.165) is 24.5 Å². The molecule has 2 heterocycles. The lowest BCUT2D eigenvalue weighted by Gasteiger charge is -2.18. The number of anilines is 1. The molecule has 2 aromatic heterocycles. The summed E-state index contributed by atoms with van der Waals surface area (Å²) in [4.78, 5) is 26.9. The molecule has 0 aliphatic carbocycles. The number of unbranched alkanes of at least 4 members (excludes halogenated alkanes) is 5. The second-order valence-corrected chi connectivity index (χ2v) is 6.61. The molecule has 142 valence electrons.